The molecule has 0 saturated heterocycles. The van der Waals surface area contributed by atoms with Crippen LogP contribution in [0.1, 0.15) is 17.0 Å². The summed E-state index contributed by atoms with van der Waals surface area (Å²) < 4.78 is 24.2. The number of ether oxygens (including phenoxy) is 1. The number of aromatic nitrogens is 2. The summed E-state index contributed by atoms with van der Waals surface area (Å²) >= 11 is 1.17. The molecule has 2 aromatic carbocycles. The predicted molar refractivity (Wildman–Crippen MR) is 104 cm³/mol. The lowest BCUT2D eigenvalue weighted by Gasteiger charge is -2.05. The van der Waals surface area contributed by atoms with Crippen LogP contribution in [0.3, 0.4) is 0 Å². The molecule has 0 aliphatic rings. The Kier molecular flexibility index (Phi) is 7.02. The van der Waals surface area contributed by atoms with Gasteiger partial charge in [-0.1, -0.05) is 42.1 Å². The van der Waals surface area contributed by atoms with E-state index in [9.17, 15) is 9.18 Å². The van der Waals surface area contributed by atoms with Crippen molar-refractivity contribution in [1.82, 2.24) is 15.5 Å². The maximum atomic E-state index is 13.5. The molecule has 0 unspecified atom stereocenters. The molecular weight excluding hydrogens is 381 g/mol. The first-order valence-corrected chi connectivity index (χ1v) is 9.71. The number of nitrogens with zero attached hydrogens (tertiary/aromatic N) is 2. The number of carbonyl (C=O) groups excluding carboxylic acids is 1. The van der Waals surface area contributed by atoms with Crippen molar-refractivity contribution in [2.75, 3.05) is 19.4 Å². The van der Waals surface area contributed by atoms with Crippen LogP contribution in [-0.2, 0) is 17.6 Å². The standard InChI is InChI=1S/C20H20FN3O3S/c1-26-16-8-6-14(7-9-16)12-19-23-24-20(27-19)28-13-18(25)22-11-10-15-4-2-3-5-17(15)21/h2-9H,10-13H2,1H3,(H,22,25). The lowest BCUT2D eigenvalue weighted by Crippen LogP contribution is -2.27. The van der Waals surface area contributed by atoms with Gasteiger partial charge >= 0.3 is 0 Å². The Labute approximate surface area is 166 Å². The van der Waals surface area contributed by atoms with Crippen molar-refractivity contribution in [3.8, 4) is 5.75 Å². The molecule has 1 aromatic heterocycles. The molecule has 0 bridgehead atoms. The van der Waals surface area contributed by atoms with Gasteiger partial charge in [0, 0.05) is 6.54 Å². The number of rotatable bonds is 9. The molecule has 146 valence electrons. The van der Waals surface area contributed by atoms with Crippen LogP contribution in [0.25, 0.3) is 0 Å². The SMILES string of the molecule is COc1ccc(Cc2nnc(SCC(=O)NCCc3ccccc3F)o2)cc1. The number of methoxy groups -OCH3 is 1. The van der Waals surface area contributed by atoms with Crippen LogP contribution in [0.15, 0.2) is 58.2 Å². The number of amides is 1. The Balaban J connectivity index is 1.41. The molecule has 0 aliphatic carbocycles. The summed E-state index contributed by atoms with van der Waals surface area (Å²) in [6.45, 7) is 0.368. The van der Waals surface area contributed by atoms with Crippen LogP contribution in [0.4, 0.5) is 4.39 Å². The van der Waals surface area contributed by atoms with Gasteiger partial charge in [-0.15, -0.1) is 10.2 Å². The van der Waals surface area contributed by atoms with Crippen molar-refractivity contribution in [1.29, 1.82) is 0 Å². The average molecular weight is 401 g/mol. The van der Waals surface area contributed by atoms with Gasteiger partial charge in [0.15, 0.2) is 0 Å². The van der Waals surface area contributed by atoms with E-state index in [1.165, 1.54) is 17.8 Å². The van der Waals surface area contributed by atoms with E-state index in [-0.39, 0.29) is 17.5 Å². The van der Waals surface area contributed by atoms with Gasteiger partial charge in [-0.25, -0.2) is 4.39 Å². The number of benzene rings is 2. The molecule has 8 heteroatoms. The van der Waals surface area contributed by atoms with Crippen molar-refractivity contribution >= 4 is 17.7 Å². The Morgan fingerprint density at radius 2 is 1.96 bits per heavy atom. The fourth-order valence-corrected chi connectivity index (χ4v) is 3.11. The van der Waals surface area contributed by atoms with Gasteiger partial charge in [-0.05, 0) is 35.7 Å². The lowest BCUT2D eigenvalue weighted by molar-refractivity contribution is -0.118. The minimum Gasteiger partial charge on any atom is -0.497 e. The van der Waals surface area contributed by atoms with Crippen LogP contribution in [0, 0.1) is 5.82 Å². The predicted octanol–water partition coefficient (Wildman–Crippen LogP) is 3.26. The molecule has 0 saturated carbocycles. The number of hydrogen-bond donors (Lipinski definition) is 1. The van der Waals surface area contributed by atoms with Gasteiger partial charge in [0.1, 0.15) is 11.6 Å². The third-order valence-electron chi connectivity index (χ3n) is 3.96. The van der Waals surface area contributed by atoms with Crippen LogP contribution in [0.2, 0.25) is 0 Å². The van der Waals surface area contributed by atoms with Crippen molar-refractivity contribution < 1.29 is 18.3 Å². The van der Waals surface area contributed by atoms with E-state index in [4.69, 9.17) is 9.15 Å². The number of hydrogen-bond acceptors (Lipinski definition) is 6. The molecule has 0 fully saturated rings. The summed E-state index contributed by atoms with van der Waals surface area (Å²) in [6.07, 6.45) is 0.946. The van der Waals surface area contributed by atoms with E-state index >= 15 is 0 Å². The van der Waals surface area contributed by atoms with Crippen molar-refractivity contribution in [2.24, 2.45) is 0 Å². The van der Waals surface area contributed by atoms with Gasteiger partial charge in [-0.3, -0.25) is 4.79 Å². The number of nitrogens with one attached hydrogen (secondary N) is 1. The quantitative estimate of drug-likeness (QED) is 0.555. The number of thioether (sulfide) groups is 1. The van der Waals surface area contributed by atoms with E-state index in [1.807, 2.05) is 24.3 Å². The fraction of sp³-hybridized carbons (Fsp3) is 0.250. The highest BCUT2D eigenvalue weighted by molar-refractivity contribution is 7.99. The van der Waals surface area contributed by atoms with E-state index < -0.39 is 0 Å². The zero-order chi connectivity index (χ0) is 19.8. The van der Waals surface area contributed by atoms with Crippen molar-refractivity contribution in [2.45, 2.75) is 18.1 Å². The van der Waals surface area contributed by atoms with Gasteiger partial charge in [0.2, 0.25) is 11.8 Å². The van der Waals surface area contributed by atoms with Crippen LogP contribution in [-0.4, -0.2) is 35.5 Å². The van der Waals surface area contributed by atoms with Gasteiger partial charge in [0.25, 0.3) is 5.22 Å². The molecule has 28 heavy (non-hydrogen) atoms. The van der Waals surface area contributed by atoms with Gasteiger partial charge < -0.3 is 14.5 Å². The third-order valence-corrected chi connectivity index (χ3v) is 4.78. The summed E-state index contributed by atoms with van der Waals surface area (Å²) in [6, 6.07) is 14.1. The minimum absolute atomic E-state index is 0.154. The second-order valence-electron chi connectivity index (χ2n) is 5.97. The summed E-state index contributed by atoms with van der Waals surface area (Å²) in [5.74, 6) is 0.985. The van der Waals surface area contributed by atoms with Gasteiger partial charge in [0.05, 0.1) is 19.3 Å². The molecule has 3 aromatic rings. The molecule has 3 rings (SSSR count). The van der Waals surface area contributed by atoms with Crippen LogP contribution >= 0.6 is 11.8 Å². The molecule has 1 N–H and O–H groups in total. The summed E-state index contributed by atoms with van der Waals surface area (Å²) in [5, 5.41) is 11.0. The van der Waals surface area contributed by atoms with Crippen LogP contribution in [0.5, 0.6) is 5.75 Å². The Morgan fingerprint density at radius 1 is 1.18 bits per heavy atom. The second-order valence-corrected chi connectivity index (χ2v) is 6.89. The van der Waals surface area contributed by atoms with E-state index in [0.29, 0.717) is 36.1 Å². The number of carbonyl (C=O) groups is 1. The molecule has 6 nitrogen and oxygen atoms in total. The molecule has 0 atom stereocenters. The Hall–Kier alpha value is -2.87. The number of halogens is 1. The van der Waals surface area contributed by atoms with Crippen molar-refractivity contribution in [3.05, 3.63) is 71.4 Å². The summed E-state index contributed by atoms with van der Waals surface area (Å²) in [7, 11) is 1.62. The maximum absolute atomic E-state index is 13.5. The first kappa shape index (κ1) is 19.9. The summed E-state index contributed by atoms with van der Waals surface area (Å²) in [5.41, 5.74) is 1.60. The fourth-order valence-electron chi connectivity index (χ4n) is 2.50. The lowest BCUT2D eigenvalue weighted by atomic mass is 10.1. The molecule has 0 aliphatic heterocycles. The smallest absolute Gasteiger partial charge is 0.277 e. The average Bonchev–Trinajstić information content (AvgIpc) is 3.16. The van der Waals surface area contributed by atoms with Crippen molar-refractivity contribution in [3.63, 3.8) is 0 Å². The second kappa shape index (κ2) is 9.89. The van der Waals surface area contributed by atoms with E-state index in [1.54, 1.807) is 25.3 Å². The highest BCUT2D eigenvalue weighted by atomic mass is 32.2. The normalized spacial score (nSPS) is 10.6. The topological polar surface area (TPSA) is 77.2 Å². The third kappa shape index (κ3) is 5.82. The van der Waals surface area contributed by atoms with Crippen LogP contribution < -0.4 is 10.1 Å². The molecular formula is C20H20FN3O3S. The first-order valence-electron chi connectivity index (χ1n) is 8.72. The largest absolute Gasteiger partial charge is 0.497 e. The molecule has 0 radical (unpaired) electrons. The zero-order valence-corrected chi connectivity index (χ0v) is 16.2. The molecule has 0 spiro atoms. The van der Waals surface area contributed by atoms with E-state index in [2.05, 4.69) is 15.5 Å². The van der Waals surface area contributed by atoms with E-state index in [0.717, 1.165) is 11.3 Å². The minimum atomic E-state index is -0.263. The highest BCUT2D eigenvalue weighted by Crippen LogP contribution is 2.19. The molecule has 1 heterocycles. The van der Waals surface area contributed by atoms with Gasteiger partial charge in [-0.2, -0.15) is 0 Å². The Morgan fingerprint density at radius 3 is 2.71 bits per heavy atom. The summed E-state index contributed by atoms with van der Waals surface area (Å²) in [4.78, 5) is 11.9. The highest BCUT2D eigenvalue weighted by Gasteiger charge is 2.10. The Bertz CT molecular complexity index is 915. The maximum Gasteiger partial charge on any atom is 0.277 e. The first-order chi connectivity index (χ1) is 13.6. The molecule has 1 amide bonds. The monoisotopic (exact) mass is 401 g/mol. The zero-order valence-electron chi connectivity index (χ0n) is 15.4.